The van der Waals surface area contributed by atoms with Crippen LogP contribution in [-0.2, 0) is 14.3 Å². The summed E-state index contributed by atoms with van der Waals surface area (Å²) in [6.07, 6.45) is 9.18. The lowest BCUT2D eigenvalue weighted by molar-refractivity contribution is -0.155. The zero-order chi connectivity index (χ0) is 54.2. The lowest BCUT2D eigenvalue weighted by atomic mass is 9.79. The molecule has 4 aliphatic rings. The first-order valence-corrected chi connectivity index (χ1v) is 26.9. The highest BCUT2D eigenvalue weighted by molar-refractivity contribution is 7.23. The predicted octanol–water partition coefficient (Wildman–Crippen LogP) is 4.97. The van der Waals surface area contributed by atoms with E-state index >= 15 is 0 Å². The van der Waals surface area contributed by atoms with E-state index in [-0.39, 0.29) is 23.8 Å². The standard InChI is InChI=1S/C26H34BN7O5S.C24H29N7O4S/c1-5-32-15-31(4)16-34(25(32)36)24-30-20-12-17(11-19(27(37)38)21(20)40-24)18-13-28-23(29-14-18)33-9-7-26(3,8-10-33)22(35)39-6-2;1-4-29-13-28(3)14-31(23(29)35)22-27-17-9-15(10-18(32)19(17)36-22)16-11-25-21(26-12-16)30-7-5-24(2,6-8-30)20(33)34/h11-14,37-38H,5-10,15-16H2,1-4H3;9-12,32H,4-8,13-14H2,1-3H3,(H,33,34). The minimum absolute atomic E-state index is 0.0875. The molecule has 4 saturated heterocycles. The fraction of sp³-hybridized carbons (Fsp3) is 0.480. The number of carbonyl (C=O) groups is 4. The Morgan fingerprint density at radius 3 is 1.51 bits per heavy atom. The molecule has 0 unspecified atom stereocenters. The van der Waals surface area contributed by atoms with Gasteiger partial charge < -0.3 is 44.6 Å². The molecule has 6 aromatic rings. The van der Waals surface area contributed by atoms with Crippen molar-refractivity contribution >= 4 is 102 Å². The average Bonchev–Trinajstić information content (AvgIpc) is 4.09. The quantitative estimate of drug-likeness (QED) is 0.0931. The SMILES string of the molecule is CCN1CN(C)CN(c2nc3cc(-c4cnc(N5CCC(C)(C(=O)O)CC5)nc4)cc(O)c3s2)C1=O.CCOC(=O)C1(C)CCN(c2ncc(-c3cc(B(O)O)c4sc(N5CN(C)CN(CC)C5=O)nc4c3)cn2)CC1. The second-order valence-corrected chi connectivity index (χ2v) is 22.2. The fourth-order valence-electron chi connectivity index (χ4n) is 9.69. The maximum Gasteiger partial charge on any atom is 0.489 e. The number of rotatable bonds is 12. The number of aromatic hydroxyl groups is 1. The number of hydrogen-bond acceptors (Lipinski definition) is 20. The highest BCUT2D eigenvalue weighted by Gasteiger charge is 2.40. The third-order valence-corrected chi connectivity index (χ3v) is 16.9. The normalized spacial score (nSPS) is 18.3. The maximum atomic E-state index is 13.0. The Bertz CT molecular complexity index is 3110. The summed E-state index contributed by atoms with van der Waals surface area (Å²) in [7, 11) is 2.16. The first kappa shape index (κ1) is 54.0. The minimum atomic E-state index is -1.72. The van der Waals surface area contributed by atoms with Crippen molar-refractivity contribution in [2.75, 3.05) is 106 Å². The highest BCUT2D eigenvalue weighted by atomic mass is 32.1. The Kier molecular flexibility index (Phi) is 15.6. The topological polar surface area (TPSA) is 262 Å². The number of urea groups is 2. The largest absolute Gasteiger partial charge is 0.506 e. The molecule has 10 rings (SSSR count). The van der Waals surface area contributed by atoms with Gasteiger partial charge in [-0.15, -0.1) is 0 Å². The number of fused-ring (bicyclic) bond motifs is 2. The molecule has 0 saturated carbocycles. The number of benzene rings is 2. The Morgan fingerprint density at radius 1 is 0.645 bits per heavy atom. The van der Waals surface area contributed by atoms with E-state index in [0.717, 1.165) is 11.1 Å². The molecule has 26 heteroatoms. The number of ether oxygens (including phenoxy) is 1. The van der Waals surface area contributed by atoms with Gasteiger partial charge in [-0.25, -0.2) is 39.5 Å². The van der Waals surface area contributed by atoms with E-state index in [4.69, 9.17) is 9.72 Å². The van der Waals surface area contributed by atoms with Crippen LogP contribution in [0, 0.1) is 10.8 Å². The molecule has 8 heterocycles. The summed E-state index contributed by atoms with van der Waals surface area (Å²) < 4.78 is 6.47. The monoisotopic (exact) mass is 1080 g/mol. The van der Waals surface area contributed by atoms with E-state index in [9.17, 15) is 39.4 Å². The van der Waals surface area contributed by atoms with Gasteiger partial charge >= 0.3 is 31.1 Å². The molecule has 2 aromatic carbocycles. The molecule has 0 aliphatic carbocycles. The van der Waals surface area contributed by atoms with E-state index in [1.165, 1.54) is 22.7 Å². The van der Waals surface area contributed by atoms with Crippen LogP contribution >= 0.6 is 22.7 Å². The third kappa shape index (κ3) is 10.9. The Labute approximate surface area is 448 Å². The van der Waals surface area contributed by atoms with Crippen LogP contribution in [0.2, 0.25) is 0 Å². The van der Waals surface area contributed by atoms with Gasteiger partial charge in [-0.05, 0) is 104 Å². The van der Waals surface area contributed by atoms with Crippen LogP contribution in [0.4, 0.5) is 31.7 Å². The Hall–Kier alpha value is -6.84. The molecular formula is C50H63BN14O9S2. The van der Waals surface area contributed by atoms with E-state index in [0.29, 0.717) is 157 Å². The molecule has 76 heavy (non-hydrogen) atoms. The molecule has 0 atom stereocenters. The van der Waals surface area contributed by atoms with Crippen molar-refractivity contribution in [3.8, 4) is 28.0 Å². The average molecular weight is 1080 g/mol. The molecule has 4 N–H and O–H groups in total. The number of amides is 4. The lowest BCUT2D eigenvalue weighted by Gasteiger charge is -2.38. The van der Waals surface area contributed by atoms with Crippen molar-refractivity contribution in [3.05, 3.63) is 49.1 Å². The van der Waals surface area contributed by atoms with Gasteiger partial charge in [-0.3, -0.25) is 29.2 Å². The van der Waals surface area contributed by atoms with Crippen molar-refractivity contribution < 1.29 is 44.2 Å². The summed E-state index contributed by atoms with van der Waals surface area (Å²) in [5.74, 6) is 0.290. The number of carboxylic acid groups (broad SMARTS) is 1. The van der Waals surface area contributed by atoms with E-state index in [1.807, 2.05) is 68.6 Å². The molecular weight excluding hydrogens is 1020 g/mol. The van der Waals surface area contributed by atoms with E-state index in [1.54, 1.807) is 63.4 Å². The zero-order valence-electron chi connectivity index (χ0n) is 43.7. The van der Waals surface area contributed by atoms with Crippen molar-refractivity contribution in [1.82, 2.24) is 49.5 Å². The molecule has 0 bridgehead atoms. The van der Waals surface area contributed by atoms with Gasteiger partial charge in [0, 0.05) is 80.6 Å². The summed E-state index contributed by atoms with van der Waals surface area (Å²) in [6, 6.07) is 6.84. The summed E-state index contributed by atoms with van der Waals surface area (Å²) in [5, 5.41) is 41.6. The summed E-state index contributed by atoms with van der Waals surface area (Å²) >= 11 is 2.54. The first-order chi connectivity index (χ1) is 36.3. The van der Waals surface area contributed by atoms with Gasteiger partial charge in [0.1, 0.15) is 5.75 Å². The van der Waals surface area contributed by atoms with Crippen molar-refractivity contribution in [2.45, 2.75) is 60.3 Å². The summed E-state index contributed by atoms with van der Waals surface area (Å²) in [4.78, 5) is 92.0. The number of aromatic nitrogens is 6. The van der Waals surface area contributed by atoms with Gasteiger partial charge in [0.15, 0.2) is 10.3 Å². The number of carbonyl (C=O) groups excluding carboxylic acids is 3. The second-order valence-electron chi connectivity index (χ2n) is 20.2. The summed E-state index contributed by atoms with van der Waals surface area (Å²) in [5.41, 5.74) is 3.08. The smallest absolute Gasteiger partial charge is 0.489 e. The number of aliphatic carboxylic acids is 1. The van der Waals surface area contributed by atoms with Gasteiger partial charge in [-0.1, -0.05) is 28.7 Å². The van der Waals surface area contributed by atoms with Crippen LogP contribution < -0.4 is 25.1 Å². The maximum absolute atomic E-state index is 13.0. The number of carboxylic acids is 1. The van der Waals surface area contributed by atoms with Crippen molar-refractivity contribution in [3.63, 3.8) is 0 Å². The fourth-order valence-corrected chi connectivity index (χ4v) is 11.7. The number of anilines is 4. The van der Waals surface area contributed by atoms with Gasteiger partial charge in [0.2, 0.25) is 11.9 Å². The van der Waals surface area contributed by atoms with Crippen molar-refractivity contribution in [1.29, 1.82) is 0 Å². The van der Waals surface area contributed by atoms with Gasteiger partial charge in [0.05, 0.1) is 64.5 Å². The molecule has 4 aliphatic heterocycles. The van der Waals surface area contributed by atoms with Crippen LogP contribution in [0.3, 0.4) is 0 Å². The molecule has 0 radical (unpaired) electrons. The molecule has 23 nitrogen and oxygen atoms in total. The van der Waals surface area contributed by atoms with Crippen LogP contribution in [0.25, 0.3) is 42.7 Å². The van der Waals surface area contributed by atoms with Crippen LogP contribution in [-0.4, -0.2) is 188 Å². The number of thiazole rings is 2. The molecule has 402 valence electrons. The Balaban J connectivity index is 0.000000187. The number of nitrogens with zero attached hydrogens (tertiary/aromatic N) is 14. The van der Waals surface area contributed by atoms with Gasteiger partial charge in [-0.2, -0.15) is 0 Å². The number of phenolic OH excluding ortho intramolecular Hbond substituents is 1. The van der Waals surface area contributed by atoms with E-state index in [2.05, 4.69) is 29.8 Å². The Morgan fingerprint density at radius 2 is 1.08 bits per heavy atom. The molecule has 4 fully saturated rings. The van der Waals surface area contributed by atoms with Crippen molar-refractivity contribution in [2.24, 2.45) is 10.8 Å². The molecule has 4 amide bonds. The lowest BCUT2D eigenvalue weighted by Crippen LogP contribution is -2.56. The van der Waals surface area contributed by atoms with Gasteiger partial charge in [0.25, 0.3) is 0 Å². The third-order valence-electron chi connectivity index (χ3n) is 14.6. The minimum Gasteiger partial charge on any atom is -0.506 e. The second kappa shape index (κ2) is 22.0. The zero-order valence-corrected chi connectivity index (χ0v) is 45.3. The highest BCUT2D eigenvalue weighted by Crippen LogP contribution is 2.40. The van der Waals surface area contributed by atoms with E-state index < -0.39 is 23.9 Å². The molecule has 4 aromatic heterocycles. The predicted molar refractivity (Wildman–Crippen MR) is 292 cm³/mol. The number of piperidine rings is 2. The molecule has 0 spiro atoms. The van der Waals surface area contributed by atoms with Crippen LogP contribution in [0.1, 0.15) is 60.3 Å². The van der Waals surface area contributed by atoms with Crippen LogP contribution in [0.5, 0.6) is 5.75 Å². The van der Waals surface area contributed by atoms with Crippen LogP contribution in [0.15, 0.2) is 49.1 Å². The number of esters is 1. The summed E-state index contributed by atoms with van der Waals surface area (Å²) in [6.45, 7) is 15.3. The first-order valence-electron chi connectivity index (χ1n) is 25.3. The number of hydrogen-bond donors (Lipinski definition) is 4. The number of phenols is 1.